The molecule has 1 aliphatic rings. The summed E-state index contributed by atoms with van der Waals surface area (Å²) < 4.78 is 22.7. The zero-order valence-corrected chi connectivity index (χ0v) is 32.5. The number of hydrogen-bond donors (Lipinski definition) is 9. The molecule has 306 valence electrons. The Hall–Kier alpha value is -2.00. The Morgan fingerprint density at radius 2 is 1.17 bits per heavy atom. The lowest BCUT2D eigenvalue weighted by atomic mass is 9.85. The number of rotatable bonds is 29. The number of allylic oxidation sites excluding steroid dienone is 8. The van der Waals surface area contributed by atoms with E-state index < -0.39 is 75.2 Å². The van der Waals surface area contributed by atoms with Gasteiger partial charge in [-0.05, 0) is 51.4 Å². The Kier molecular flexibility index (Phi) is 27.1. The van der Waals surface area contributed by atoms with E-state index in [2.05, 4.69) is 43.5 Å². The SMILES string of the molecule is CCCC/C=C/CC/C=C/CC/C=C/C(O)C(COP(=O)(O)OC1C(O)C(O)C(O)C(O)C1O)NC(=O)CC(O)/C=C\C/C=C\CCCCCCCC. The fourth-order valence-electron chi connectivity index (χ4n) is 5.55. The van der Waals surface area contributed by atoms with Gasteiger partial charge in [0.2, 0.25) is 5.91 Å². The Morgan fingerprint density at radius 3 is 1.79 bits per heavy atom. The molecule has 13 nitrogen and oxygen atoms in total. The second kappa shape index (κ2) is 29.3. The van der Waals surface area contributed by atoms with Crippen molar-refractivity contribution in [1.29, 1.82) is 0 Å². The number of amides is 1. The summed E-state index contributed by atoms with van der Waals surface area (Å²) >= 11 is 0. The molecular formula is C39H68NO12P. The summed E-state index contributed by atoms with van der Waals surface area (Å²) in [6.07, 6.45) is 19.4. The van der Waals surface area contributed by atoms with Crippen molar-refractivity contribution in [2.24, 2.45) is 0 Å². The highest BCUT2D eigenvalue weighted by Crippen LogP contribution is 2.47. The van der Waals surface area contributed by atoms with Crippen LogP contribution in [0, 0.1) is 0 Å². The predicted octanol–water partition coefficient (Wildman–Crippen LogP) is 4.58. The molecule has 0 aromatic heterocycles. The van der Waals surface area contributed by atoms with Crippen LogP contribution in [0.25, 0.3) is 0 Å². The third-order valence-electron chi connectivity index (χ3n) is 8.81. The number of aliphatic hydroxyl groups is 7. The summed E-state index contributed by atoms with van der Waals surface area (Å²) in [4.78, 5) is 23.2. The lowest BCUT2D eigenvalue weighted by Gasteiger charge is -2.41. The van der Waals surface area contributed by atoms with Gasteiger partial charge in [-0.3, -0.25) is 13.8 Å². The van der Waals surface area contributed by atoms with Crippen molar-refractivity contribution in [1.82, 2.24) is 5.32 Å². The van der Waals surface area contributed by atoms with E-state index in [4.69, 9.17) is 9.05 Å². The van der Waals surface area contributed by atoms with Crippen LogP contribution in [-0.4, -0.2) is 108 Å². The van der Waals surface area contributed by atoms with Crippen molar-refractivity contribution >= 4 is 13.7 Å². The molecule has 1 rings (SSSR count). The van der Waals surface area contributed by atoms with Gasteiger partial charge < -0.3 is 46.0 Å². The molecule has 1 aliphatic carbocycles. The molecule has 0 aliphatic heterocycles. The monoisotopic (exact) mass is 773 g/mol. The minimum absolute atomic E-state index is 0.366. The molecule has 14 heteroatoms. The third kappa shape index (κ3) is 22.2. The molecule has 0 aromatic carbocycles. The lowest BCUT2D eigenvalue weighted by molar-refractivity contribution is -0.220. The van der Waals surface area contributed by atoms with Crippen LogP contribution in [0.3, 0.4) is 0 Å². The number of phosphoric ester groups is 1. The van der Waals surface area contributed by atoms with E-state index in [0.29, 0.717) is 19.3 Å². The first kappa shape index (κ1) is 49.0. The van der Waals surface area contributed by atoms with Crippen molar-refractivity contribution in [3.05, 3.63) is 60.8 Å². The van der Waals surface area contributed by atoms with Gasteiger partial charge in [-0.15, -0.1) is 0 Å². The number of unbranched alkanes of at least 4 members (excludes halogenated alkanes) is 10. The van der Waals surface area contributed by atoms with Crippen LogP contribution in [0.1, 0.15) is 117 Å². The molecule has 1 fully saturated rings. The number of aliphatic hydroxyl groups excluding tert-OH is 7. The maximum absolute atomic E-state index is 12.8. The highest BCUT2D eigenvalue weighted by molar-refractivity contribution is 7.47. The second-order valence-electron chi connectivity index (χ2n) is 13.6. The van der Waals surface area contributed by atoms with Crippen LogP contribution in [0.4, 0.5) is 0 Å². The molecular weight excluding hydrogens is 705 g/mol. The summed E-state index contributed by atoms with van der Waals surface area (Å²) in [6.45, 7) is 3.57. The minimum Gasteiger partial charge on any atom is -0.389 e. The summed E-state index contributed by atoms with van der Waals surface area (Å²) in [5, 5.41) is 73.8. The van der Waals surface area contributed by atoms with Crippen LogP contribution >= 0.6 is 7.82 Å². The highest BCUT2D eigenvalue weighted by Gasteiger charge is 2.51. The van der Waals surface area contributed by atoms with Crippen LogP contribution in [0.5, 0.6) is 0 Å². The molecule has 0 heterocycles. The number of carbonyl (C=O) groups excluding carboxylic acids is 1. The first-order chi connectivity index (χ1) is 25.3. The Balaban J connectivity index is 2.76. The molecule has 0 radical (unpaired) electrons. The van der Waals surface area contributed by atoms with Gasteiger partial charge in [-0.1, -0.05) is 120 Å². The fraction of sp³-hybridized carbons (Fsp3) is 0.718. The van der Waals surface area contributed by atoms with Gasteiger partial charge in [-0.25, -0.2) is 4.57 Å². The van der Waals surface area contributed by atoms with Crippen LogP contribution in [-0.2, 0) is 18.4 Å². The fourth-order valence-corrected chi connectivity index (χ4v) is 6.52. The van der Waals surface area contributed by atoms with E-state index in [1.807, 2.05) is 12.2 Å². The van der Waals surface area contributed by atoms with E-state index in [9.17, 15) is 50.0 Å². The van der Waals surface area contributed by atoms with Crippen LogP contribution < -0.4 is 5.32 Å². The second-order valence-corrected chi connectivity index (χ2v) is 15.0. The van der Waals surface area contributed by atoms with Gasteiger partial charge in [0.15, 0.2) is 0 Å². The number of nitrogens with one attached hydrogen (secondary N) is 1. The van der Waals surface area contributed by atoms with Crippen LogP contribution in [0.2, 0.25) is 0 Å². The van der Waals surface area contributed by atoms with Crippen molar-refractivity contribution in [2.45, 2.75) is 171 Å². The lowest BCUT2D eigenvalue weighted by Crippen LogP contribution is -2.64. The topological polar surface area (TPSA) is 226 Å². The smallest absolute Gasteiger partial charge is 0.389 e. The molecule has 9 N–H and O–H groups in total. The standard InChI is InChI=1S/C39H68NO12P/c1-3-5-7-9-11-13-15-17-19-21-23-25-27-32(42)31(29-51-53(49,50)52-39-37(47)35(45)34(44)36(46)38(39)48)40-33(43)28-30(41)26-24-22-20-18-16-14-12-10-8-6-4-2/h9,11,17-20,24-27,30-32,34-39,41-42,44-48H,3-8,10,12-16,21-23,28-29H2,1-2H3,(H,40,43)(H,49,50)/b11-9+,19-17+,20-18-,26-24-,27-25+. The van der Waals surface area contributed by atoms with Crippen molar-refractivity contribution in [3.63, 3.8) is 0 Å². The highest BCUT2D eigenvalue weighted by atomic mass is 31.2. The molecule has 53 heavy (non-hydrogen) atoms. The molecule has 0 bridgehead atoms. The Morgan fingerprint density at radius 1 is 0.660 bits per heavy atom. The van der Waals surface area contributed by atoms with Gasteiger partial charge in [0.1, 0.15) is 36.6 Å². The van der Waals surface area contributed by atoms with Gasteiger partial charge in [0.05, 0.1) is 31.3 Å². The molecule has 0 spiro atoms. The molecule has 0 aromatic rings. The number of phosphoric acid groups is 1. The molecule has 8 unspecified atom stereocenters. The summed E-state index contributed by atoms with van der Waals surface area (Å²) in [5.74, 6) is -0.680. The Labute approximate surface area is 316 Å². The summed E-state index contributed by atoms with van der Waals surface area (Å²) in [6, 6.07) is -1.29. The first-order valence-corrected chi connectivity index (χ1v) is 20.8. The van der Waals surface area contributed by atoms with Gasteiger partial charge in [-0.2, -0.15) is 0 Å². The predicted molar refractivity (Wildman–Crippen MR) is 206 cm³/mol. The maximum Gasteiger partial charge on any atom is 0.472 e. The van der Waals surface area contributed by atoms with E-state index >= 15 is 0 Å². The average Bonchev–Trinajstić information content (AvgIpc) is 3.12. The molecule has 8 atom stereocenters. The van der Waals surface area contributed by atoms with Crippen molar-refractivity contribution in [2.75, 3.05) is 6.61 Å². The van der Waals surface area contributed by atoms with Gasteiger partial charge in [0.25, 0.3) is 0 Å². The van der Waals surface area contributed by atoms with E-state index in [1.165, 1.54) is 57.1 Å². The zero-order valence-electron chi connectivity index (χ0n) is 31.6. The average molecular weight is 774 g/mol. The quantitative estimate of drug-likeness (QED) is 0.0290. The van der Waals surface area contributed by atoms with Crippen LogP contribution in [0.15, 0.2) is 60.8 Å². The van der Waals surface area contributed by atoms with Gasteiger partial charge in [0, 0.05) is 0 Å². The van der Waals surface area contributed by atoms with E-state index in [0.717, 1.165) is 32.1 Å². The first-order valence-electron chi connectivity index (χ1n) is 19.3. The van der Waals surface area contributed by atoms with Gasteiger partial charge >= 0.3 is 7.82 Å². The minimum atomic E-state index is -5.16. The van der Waals surface area contributed by atoms with E-state index in [1.54, 1.807) is 12.2 Å². The van der Waals surface area contributed by atoms with Crippen molar-refractivity contribution in [3.8, 4) is 0 Å². The molecule has 1 saturated carbocycles. The van der Waals surface area contributed by atoms with Crippen molar-refractivity contribution < 1.29 is 59.0 Å². The largest absolute Gasteiger partial charge is 0.472 e. The number of carbonyl (C=O) groups is 1. The third-order valence-corrected chi connectivity index (χ3v) is 9.80. The summed E-state index contributed by atoms with van der Waals surface area (Å²) in [7, 11) is -5.16. The molecule has 0 saturated heterocycles. The molecule has 1 amide bonds. The maximum atomic E-state index is 12.8. The number of hydrogen-bond acceptors (Lipinski definition) is 11. The van der Waals surface area contributed by atoms with E-state index in [-0.39, 0.29) is 6.42 Å². The Bertz CT molecular complexity index is 1150. The zero-order chi connectivity index (χ0) is 39.5. The summed E-state index contributed by atoms with van der Waals surface area (Å²) in [5.41, 5.74) is 0. The normalized spacial score (nSPS) is 25.5.